The highest BCUT2D eigenvalue weighted by Crippen LogP contribution is 2.26. The number of carbonyl (C=O) groups is 4. The van der Waals surface area contributed by atoms with E-state index in [1.165, 1.54) is 26.0 Å². The van der Waals surface area contributed by atoms with Gasteiger partial charge in [0.2, 0.25) is 0 Å². The normalized spacial score (nSPS) is 15.3. The Balaban J connectivity index is 1.87. The summed E-state index contributed by atoms with van der Waals surface area (Å²) in [7, 11) is 2.42. The van der Waals surface area contributed by atoms with Gasteiger partial charge in [0, 0.05) is 6.42 Å². The summed E-state index contributed by atoms with van der Waals surface area (Å²) in [6.45, 7) is -0.335. The van der Waals surface area contributed by atoms with E-state index in [1.54, 1.807) is 30.3 Å². The molecule has 0 spiro atoms. The van der Waals surface area contributed by atoms with Gasteiger partial charge in [-0.1, -0.05) is 36.1 Å². The third-order valence-electron chi connectivity index (χ3n) is 3.88. The molecule has 1 aromatic carbocycles. The minimum Gasteiger partial charge on any atom is -0.484 e. The van der Waals surface area contributed by atoms with Crippen molar-refractivity contribution in [2.75, 3.05) is 20.8 Å². The van der Waals surface area contributed by atoms with Gasteiger partial charge in [-0.2, -0.15) is 0 Å². The van der Waals surface area contributed by atoms with E-state index in [4.69, 9.17) is 17.0 Å². The molecule has 0 bridgehead atoms. The van der Waals surface area contributed by atoms with Crippen molar-refractivity contribution in [2.45, 2.75) is 18.9 Å². The summed E-state index contributed by atoms with van der Waals surface area (Å²) in [5.41, 5.74) is 0.766. The van der Waals surface area contributed by atoms with Crippen LogP contribution in [0.25, 0.3) is 6.08 Å². The molecule has 2 N–H and O–H groups in total. The first kappa shape index (κ1) is 23.4. The zero-order chi connectivity index (χ0) is 22.1. The van der Waals surface area contributed by atoms with Gasteiger partial charge in [0.1, 0.15) is 16.1 Å². The van der Waals surface area contributed by atoms with Crippen molar-refractivity contribution in [3.8, 4) is 5.75 Å². The van der Waals surface area contributed by atoms with Gasteiger partial charge in [-0.25, -0.2) is 4.79 Å². The van der Waals surface area contributed by atoms with E-state index < -0.39 is 23.9 Å². The molecule has 1 aliphatic rings. The molecule has 1 heterocycles. The number of benzene rings is 1. The number of hydrogen-bond donors (Lipinski definition) is 2. The molecule has 1 fully saturated rings. The Morgan fingerprint density at radius 3 is 2.47 bits per heavy atom. The van der Waals surface area contributed by atoms with Gasteiger partial charge in [-0.15, -0.1) is 0 Å². The lowest BCUT2D eigenvalue weighted by Crippen LogP contribution is -2.43. The maximum absolute atomic E-state index is 12.1. The molecule has 1 aromatic rings. The highest BCUT2D eigenvalue weighted by molar-refractivity contribution is 8.26. The number of methoxy groups -OCH3 is 2. The number of esters is 2. The number of nitrogens with one attached hydrogen (secondary N) is 2. The molecule has 0 radical (unpaired) electrons. The van der Waals surface area contributed by atoms with E-state index in [0.29, 0.717) is 15.0 Å². The number of thiocarbonyl (C=S) groups is 1. The van der Waals surface area contributed by atoms with Gasteiger partial charge in [0.05, 0.1) is 19.1 Å². The number of rotatable bonds is 9. The summed E-state index contributed by atoms with van der Waals surface area (Å²) in [6.07, 6.45) is 1.69. The fourth-order valence-corrected chi connectivity index (χ4v) is 3.42. The Bertz CT molecular complexity index is 868. The van der Waals surface area contributed by atoms with Crippen LogP contribution in [0.1, 0.15) is 18.4 Å². The molecule has 2 amide bonds. The van der Waals surface area contributed by atoms with Crippen LogP contribution < -0.4 is 15.4 Å². The average Bonchev–Trinajstić information content (AvgIpc) is 3.06. The van der Waals surface area contributed by atoms with Crippen LogP contribution >= 0.6 is 24.0 Å². The molecule has 2 rings (SSSR count). The van der Waals surface area contributed by atoms with Crippen LogP contribution in [-0.4, -0.2) is 54.9 Å². The number of ether oxygens (including phenoxy) is 3. The van der Waals surface area contributed by atoms with E-state index in [2.05, 4.69) is 20.1 Å². The summed E-state index contributed by atoms with van der Waals surface area (Å²) >= 11 is 6.12. The maximum atomic E-state index is 12.1. The molecule has 1 saturated heterocycles. The topological polar surface area (TPSA) is 120 Å². The predicted molar refractivity (Wildman–Crippen MR) is 113 cm³/mol. The van der Waals surface area contributed by atoms with Crippen LogP contribution in [0, 0.1) is 0 Å². The second-order valence-electron chi connectivity index (χ2n) is 5.97. The van der Waals surface area contributed by atoms with Crippen LogP contribution in [0.3, 0.4) is 0 Å². The summed E-state index contributed by atoms with van der Waals surface area (Å²) in [5, 5.41) is 5.01. The lowest BCUT2D eigenvalue weighted by molar-refractivity contribution is -0.146. The first-order chi connectivity index (χ1) is 14.3. The Morgan fingerprint density at radius 1 is 1.20 bits per heavy atom. The van der Waals surface area contributed by atoms with E-state index >= 15 is 0 Å². The maximum Gasteiger partial charge on any atom is 0.328 e. The third kappa shape index (κ3) is 7.16. The third-order valence-corrected chi connectivity index (χ3v) is 5.04. The van der Waals surface area contributed by atoms with Crippen molar-refractivity contribution >= 4 is 58.1 Å². The number of hydrogen-bond acceptors (Lipinski definition) is 9. The molecule has 1 aliphatic heterocycles. The lowest BCUT2D eigenvalue weighted by Gasteiger charge is -2.16. The zero-order valence-corrected chi connectivity index (χ0v) is 17.9. The molecule has 0 saturated carbocycles. The molecule has 0 unspecified atom stereocenters. The summed E-state index contributed by atoms with van der Waals surface area (Å²) in [5.74, 6) is -1.53. The van der Waals surface area contributed by atoms with Gasteiger partial charge in [0.15, 0.2) is 6.61 Å². The number of thioether (sulfide) groups is 1. The Morgan fingerprint density at radius 2 is 1.90 bits per heavy atom. The van der Waals surface area contributed by atoms with Crippen molar-refractivity contribution in [3.05, 3.63) is 34.7 Å². The van der Waals surface area contributed by atoms with Gasteiger partial charge in [-0.05, 0) is 30.2 Å². The molecule has 11 heteroatoms. The highest BCUT2D eigenvalue weighted by Gasteiger charge is 2.23. The largest absolute Gasteiger partial charge is 0.484 e. The van der Waals surface area contributed by atoms with Crippen molar-refractivity contribution in [1.29, 1.82) is 0 Å². The molecule has 1 atom stereocenters. The molecule has 30 heavy (non-hydrogen) atoms. The first-order valence-corrected chi connectivity index (χ1v) is 9.96. The molecule has 9 nitrogen and oxygen atoms in total. The summed E-state index contributed by atoms with van der Waals surface area (Å²) < 4.78 is 15.0. The SMILES string of the molecule is COC(=O)CC[C@@H](NC(=O)COc1ccc(/C=C2\SC(=S)NC2=O)cc1)C(=O)OC. The quantitative estimate of drug-likeness (QED) is 0.323. The van der Waals surface area contributed by atoms with Gasteiger partial charge in [-0.3, -0.25) is 14.4 Å². The lowest BCUT2D eigenvalue weighted by atomic mass is 10.1. The molecular weight excluding hydrogens is 432 g/mol. The second kappa shape index (κ2) is 11.3. The van der Waals surface area contributed by atoms with E-state index in [1.807, 2.05) is 0 Å². The van der Waals surface area contributed by atoms with Crippen molar-refractivity contribution < 1.29 is 33.4 Å². The summed E-state index contributed by atoms with van der Waals surface area (Å²) in [6, 6.07) is 5.75. The van der Waals surface area contributed by atoms with Crippen molar-refractivity contribution in [1.82, 2.24) is 10.6 Å². The van der Waals surface area contributed by atoms with Crippen LogP contribution in [-0.2, 0) is 28.7 Å². The standard InChI is InChI=1S/C19H20N2O7S2/c1-26-16(23)8-7-13(18(25)27-2)20-15(22)10-28-12-5-3-11(4-6-12)9-14-17(24)21-19(29)30-14/h3-6,9,13H,7-8,10H2,1-2H3,(H,20,22)(H,21,24,29)/b14-9-/t13-/m1/s1. The van der Waals surface area contributed by atoms with Crippen LogP contribution in [0.2, 0.25) is 0 Å². The average molecular weight is 453 g/mol. The fraction of sp³-hybridized carbons (Fsp3) is 0.316. The smallest absolute Gasteiger partial charge is 0.328 e. The minimum atomic E-state index is -0.986. The predicted octanol–water partition coefficient (Wildman–Crippen LogP) is 1.17. The van der Waals surface area contributed by atoms with Crippen molar-refractivity contribution in [3.63, 3.8) is 0 Å². The van der Waals surface area contributed by atoms with E-state index in [-0.39, 0.29) is 25.4 Å². The molecular formula is C19H20N2O7S2. The molecule has 160 valence electrons. The highest BCUT2D eigenvalue weighted by atomic mass is 32.2. The molecule has 0 aliphatic carbocycles. The van der Waals surface area contributed by atoms with E-state index in [0.717, 1.165) is 5.56 Å². The van der Waals surface area contributed by atoms with E-state index in [9.17, 15) is 19.2 Å². The summed E-state index contributed by atoms with van der Waals surface area (Å²) in [4.78, 5) is 47.3. The van der Waals surface area contributed by atoms with Gasteiger partial charge >= 0.3 is 11.9 Å². The second-order valence-corrected chi connectivity index (χ2v) is 7.69. The minimum absolute atomic E-state index is 0.0451. The zero-order valence-electron chi connectivity index (χ0n) is 16.3. The first-order valence-electron chi connectivity index (χ1n) is 8.74. The molecule has 0 aromatic heterocycles. The Hall–Kier alpha value is -2.92. The van der Waals surface area contributed by atoms with Gasteiger partial charge in [0.25, 0.3) is 11.8 Å². The van der Waals surface area contributed by atoms with Crippen molar-refractivity contribution in [2.24, 2.45) is 0 Å². The Kier molecular flexibility index (Phi) is 8.81. The van der Waals surface area contributed by atoms with Crippen LogP contribution in [0.15, 0.2) is 29.2 Å². The fourth-order valence-electron chi connectivity index (χ4n) is 2.37. The van der Waals surface area contributed by atoms with Crippen LogP contribution in [0.4, 0.5) is 0 Å². The van der Waals surface area contributed by atoms with Crippen LogP contribution in [0.5, 0.6) is 5.75 Å². The number of amides is 2. The van der Waals surface area contributed by atoms with Gasteiger partial charge < -0.3 is 24.8 Å². The monoisotopic (exact) mass is 452 g/mol. The Labute approximate surface area is 182 Å². The number of carbonyl (C=O) groups excluding carboxylic acids is 4.